The number of rotatable bonds is 9. The molecule has 118 valence electrons. The molecule has 0 fully saturated rings. The quantitative estimate of drug-likeness (QED) is 0.678. The van der Waals surface area contributed by atoms with Crippen LogP contribution in [0.25, 0.3) is 0 Å². The van der Waals surface area contributed by atoms with E-state index in [1.165, 1.54) is 12.1 Å². The van der Waals surface area contributed by atoms with Crippen molar-refractivity contribution in [3.8, 4) is 5.75 Å². The molecule has 5 nitrogen and oxygen atoms in total. The number of carbonyl (C=O) groups excluding carboxylic acids is 1. The van der Waals surface area contributed by atoms with Gasteiger partial charge in [-0.2, -0.15) is 0 Å². The second kappa shape index (κ2) is 9.31. The first-order valence-corrected chi connectivity index (χ1v) is 6.94. The topological polar surface area (TPSA) is 59.6 Å². The lowest BCUT2D eigenvalue weighted by Gasteiger charge is -2.15. The Kier molecular flexibility index (Phi) is 7.71. The monoisotopic (exact) mass is 298 g/mol. The van der Waals surface area contributed by atoms with Gasteiger partial charge in [0, 0.05) is 26.8 Å². The number of hydrogen-bond acceptors (Lipinski definition) is 4. The predicted octanol–water partition coefficient (Wildman–Crippen LogP) is 1.47. The normalized spacial score (nSPS) is 12.0. The van der Waals surface area contributed by atoms with Crippen molar-refractivity contribution in [1.82, 2.24) is 10.6 Å². The maximum atomic E-state index is 13.8. The first kappa shape index (κ1) is 17.4. The summed E-state index contributed by atoms with van der Waals surface area (Å²) in [5.41, 5.74) is 0.819. The van der Waals surface area contributed by atoms with Crippen molar-refractivity contribution >= 4 is 5.91 Å². The Labute approximate surface area is 124 Å². The standard InChI is InChI=1S/C15H23FN2O3/c1-11(15(19)18-7-4-8-20-3)21-14-6-5-12(10-17-2)9-13(14)16/h5-6,9,11,17H,4,7-8,10H2,1-3H3,(H,18,19). The molecule has 0 aliphatic rings. The van der Waals surface area contributed by atoms with E-state index in [1.54, 1.807) is 27.1 Å². The summed E-state index contributed by atoms with van der Waals surface area (Å²) in [6.07, 6.45) is -0.0284. The zero-order valence-corrected chi connectivity index (χ0v) is 12.7. The van der Waals surface area contributed by atoms with Gasteiger partial charge in [-0.25, -0.2) is 4.39 Å². The van der Waals surface area contributed by atoms with Crippen LogP contribution in [0.2, 0.25) is 0 Å². The first-order chi connectivity index (χ1) is 10.1. The van der Waals surface area contributed by atoms with E-state index in [1.807, 2.05) is 0 Å². The van der Waals surface area contributed by atoms with E-state index in [4.69, 9.17) is 9.47 Å². The largest absolute Gasteiger partial charge is 0.478 e. The molecule has 0 spiro atoms. The number of ether oxygens (including phenoxy) is 2. The van der Waals surface area contributed by atoms with Crippen molar-refractivity contribution in [3.05, 3.63) is 29.6 Å². The highest BCUT2D eigenvalue weighted by Crippen LogP contribution is 2.19. The van der Waals surface area contributed by atoms with Gasteiger partial charge in [0.1, 0.15) is 0 Å². The van der Waals surface area contributed by atoms with Crippen LogP contribution >= 0.6 is 0 Å². The number of hydrogen-bond donors (Lipinski definition) is 2. The summed E-state index contributed by atoms with van der Waals surface area (Å²) < 4.78 is 24.1. The third-order valence-electron chi connectivity index (χ3n) is 2.87. The summed E-state index contributed by atoms with van der Waals surface area (Å²) in [5.74, 6) is -0.666. The smallest absolute Gasteiger partial charge is 0.260 e. The fraction of sp³-hybridized carbons (Fsp3) is 0.533. The maximum absolute atomic E-state index is 13.8. The molecule has 1 rings (SSSR count). The molecule has 21 heavy (non-hydrogen) atoms. The van der Waals surface area contributed by atoms with Crippen molar-refractivity contribution in [2.45, 2.75) is 26.0 Å². The van der Waals surface area contributed by atoms with Crippen molar-refractivity contribution in [1.29, 1.82) is 0 Å². The Morgan fingerprint density at radius 2 is 2.19 bits per heavy atom. The summed E-state index contributed by atoms with van der Waals surface area (Å²) in [6.45, 7) is 3.25. The predicted molar refractivity (Wildman–Crippen MR) is 78.8 cm³/mol. The molecule has 6 heteroatoms. The van der Waals surface area contributed by atoms with E-state index in [0.717, 1.165) is 12.0 Å². The molecule has 1 aromatic rings. The minimum Gasteiger partial charge on any atom is -0.478 e. The Balaban J connectivity index is 2.50. The Bertz CT molecular complexity index is 455. The van der Waals surface area contributed by atoms with E-state index < -0.39 is 11.9 Å². The van der Waals surface area contributed by atoms with Crippen LogP contribution in [-0.2, 0) is 16.1 Å². The van der Waals surface area contributed by atoms with Crippen molar-refractivity contribution in [2.75, 3.05) is 27.3 Å². The maximum Gasteiger partial charge on any atom is 0.260 e. The fourth-order valence-corrected chi connectivity index (χ4v) is 1.77. The Morgan fingerprint density at radius 3 is 2.81 bits per heavy atom. The van der Waals surface area contributed by atoms with Gasteiger partial charge in [-0.3, -0.25) is 4.79 Å². The zero-order chi connectivity index (χ0) is 15.7. The van der Waals surface area contributed by atoms with Gasteiger partial charge in [-0.1, -0.05) is 6.07 Å². The Morgan fingerprint density at radius 1 is 1.43 bits per heavy atom. The summed E-state index contributed by atoms with van der Waals surface area (Å²) in [5, 5.41) is 5.65. The van der Waals surface area contributed by atoms with Gasteiger partial charge in [0.25, 0.3) is 5.91 Å². The summed E-state index contributed by atoms with van der Waals surface area (Å²) in [6, 6.07) is 4.70. The van der Waals surface area contributed by atoms with Crippen LogP contribution < -0.4 is 15.4 Å². The highest BCUT2D eigenvalue weighted by atomic mass is 19.1. The molecule has 0 aromatic heterocycles. The van der Waals surface area contributed by atoms with Crippen LogP contribution in [0.15, 0.2) is 18.2 Å². The Hall–Kier alpha value is -1.66. The van der Waals surface area contributed by atoms with Gasteiger partial charge < -0.3 is 20.1 Å². The van der Waals surface area contributed by atoms with E-state index in [9.17, 15) is 9.18 Å². The molecule has 0 saturated carbocycles. The molecule has 1 aromatic carbocycles. The lowest BCUT2D eigenvalue weighted by atomic mass is 10.2. The minimum atomic E-state index is -0.753. The minimum absolute atomic E-state index is 0.0781. The molecule has 0 radical (unpaired) electrons. The van der Waals surface area contributed by atoms with E-state index >= 15 is 0 Å². The highest BCUT2D eigenvalue weighted by Gasteiger charge is 2.16. The zero-order valence-electron chi connectivity index (χ0n) is 12.7. The molecule has 1 amide bonds. The van der Waals surface area contributed by atoms with Crippen LogP contribution in [0.4, 0.5) is 4.39 Å². The molecule has 2 N–H and O–H groups in total. The first-order valence-electron chi connectivity index (χ1n) is 6.94. The van der Waals surface area contributed by atoms with Crippen LogP contribution in [0.3, 0.4) is 0 Å². The lowest BCUT2D eigenvalue weighted by molar-refractivity contribution is -0.127. The number of amides is 1. The average molecular weight is 298 g/mol. The van der Waals surface area contributed by atoms with Crippen molar-refractivity contribution in [2.24, 2.45) is 0 Å². The molecular weight excluding hydrogens is 275 g/mol. The van der Waals surface area contributed by atoms with E-state index in [0.29, 0.717) is 19.7 Å². The van der Waals surface area contributed by atoms with Crippen molar-refractivity contribution < 1.29 is 18.7 Å². The number of nitrogens with one attached hydrogen (secondary N) is 2. The number of benzene rings is 1. The van der Waals surface area contributed by atoms with Gasteiger partial charge in [0.2, 0.25) is 0 Å². The van der Waals surface area contributed by atoms with Gasteiger partial charge in [0.15, 0.2) is 17.7 Å². The second-order valence-electron chi connectivity index (χ2n) is 4.69. The number of methoxy groups -OCH3 is 1. The second-order valence-corrected chi connectivity index (χ2v) is 4.69. The van der Waals surface area contributed by atoms with Gasteiger partial charge in [-0.05, 0) is 38.1 Å². The van der Waals surface area contributed by atoms with Crippen molar-refractivity contribution in [3.63, 3.8) is 0 Å². The number of carbonyl (C=O) groups is 1. The van der Waals surface area contributed by atoms with Crippen LogP contribution in [0, 0.1) is 5.82 Å². The van der Waals surface area contributed by atoms with Crippen LogP contribution in [0.5, 0.6) is 5.75 Å². The molecule has 0 heterocycles. The van der Waals surface area contributed by atoms with Gasteiger partial charge in [0.05, 0.1) is 0 Å². The fourth-order valence-electron chi connectivity index (χ4n) is 1.77. The summed E-state index contributed by atoms with van der Waals surface area (Å²) in [7, 11) is 3.40. The molecule has 1 atom stereocenters. The summed E-state index contributed by atoms with van der Waals surface area (Å²) >= 11 is 0. The molecular formula is C15H23FN2O3. The van der Waals surface area contributed by atoms with E-state index in [-0.39, 0.29) is 11.7 Å². The molecule has 0 bridgehead atoms. The third kappa shape index (κ3) is 6.10. The molecule has 1 unspecified atom stereocenters. The van der Waals surface area contributed by atoms with Gasteiger partial charge in [-0.15, -0.1) is 0 Å². The van der Waals surface area contributed by atoms with E-state index in [2.05, 4.69) is 10.6 Å². The average Bonchev–Trinajstić information content (AvgIpc) is 2.46. The lowest BCUT2D eigenvalue weighted by Crippen LogP contribution is -2.37. The van der Waals surface area contributed by atoms with Crippen LogP contribution in [-0.4, -0.2) is 39.3 Å². The highest BCUT2D eigenvalue weighted by molar-refractivity contribution is 5.80. The molecule has 0 aliphatic carbocycles. The van der Waals surface area contributed by atoms with Crippen LogP contribution in [0.1, 0.15) is 18.9 Å². The SMILES string of the molecule is CNCc1ccc(OC(C)C(=O)NCCCOC)c(F)c1. The molecule has 0 saturated heterocycles. The molecule has 0 aliphatic heterocycles. The number of halogens is 1. The summed E-state index contributed by atoms with van der Waals surface area (Å²) in [4.78, 5) is 11.8. The third-order valence-corrected chi connectivity index (χ3v) is 2.87. The van der Waals surface area contributed by atoms with Gasteiger partial charge >= 0.3 is 0 Å².